The molecule has 0 aliphatic carbocycles. The van der Waals surface area contributed by atoms with E-state index in [0.717, 1.165) is 24.8 Å². The van der Waals surface area contributed by atoms with Gasteiger partial charge in [-0.15, -0.1) is 6.58 Å². The van der Waals surface area contributed by atoms with Crippen molar-refractivity contribution >= 4 is 5.78 Å². The Morgan fingerprint density at radius 3 is 2.54 bits per heavy atom. The van der Waals surface area contributed by atoms with Gasteiger partial charge in [-0.3, -0.25) is 4.79 Å². The number of ketones is 1. The van der Waals surface area contributed by atoms with Gasteiger partial charge in [-0.05, 0) is 31.3 Å². The van der Waals surface area contributed by atoms with E-state index in [4.69, 9.17) is 0 Å². The van der Waals surface area contributed by atoms with Crippen molar-refractivity contribution in [2.75, 3.05) is 0 Å². The van der Waals surface area contributed by atoms with Gasteiger partial charge in [0.2, 0.25) is 0 Å². The Bertz CT molecular complexity index is 201. The van der Waals surface area contributed by atoms with Crippen LogP contribution < -0.4 is 0 Å². The minimum absolute atomic E-state index is 0.197. The number of hydrogen-bond donors (Lipinski definition) is 0. The van der Waals surface area contributed by atoms with Crippen molar-refractivity contribution < 1.29 is 4.79 Å². The zero-order valence-electron chi connectivity index (χ0n) is 8.97. The van der Waals surface area contributed by atoms with Gasteiger partial charge in [-0.25, -0.2) is 0 Å². The van der Waals surface area contributed by atoms with Gasteiger partial charge in [0.1, 0.15) is 0 Å². The summed E-state index contributed by atoms with van der Waals surface area (Å²) in [5.74, 6) is 0.588. The zero-order valence-corrected chi connectivity index (χ0v) is 8.97. The van der Waals surface area contributed by atoms with E-state index in [1.807, 2.05) is 12.2 Å². The molecule has 1 heteroatoms. The molecule has 0 aromatic carbocycles. The quantitative estimate of drug-likeness (QED) is 0.451. The van der Waals surface area contributed by atoms with Gasteiger partial charge in [0, 0.05) is 0 Å². The number of carbonyl (C=O) groups excluding carboxylic acids is 1. The van der Waals surface area contributed by atoms with Gasteiger partial charge < -0.3 is 0 Å². The maximum Gasteiger partial charge on any atom is 0.155 e. The summed E-state index contributed by atoms with van der Waals surface area (Å²) in [5.41, 5.74) is 0.960. The highest BCUT2D eigenvalue weighted by Gasteiger charge is 2.11. The lowest BCUT2D eigenvalue weighted by Crippen LogP contribution is -2.07. The molecule has 0 saturated heterocycles. The number of hydrogen-bond acceptors (Lipinski definition) is 1. The molecule has 13 heavy (non-hydrogen) atoms. The lowest BCUT2D eigenvalue weighted by molar-refractivity contribution is -0.114. The van der Waals surface area contributed by atoms with E-state index in [1.54, 1.807) is 6.92 Å². The lowest BCUT2D eigenvalue weighted by atomic mass is 9.93. The summed E-state index contributed by atoms with van der Waals surface area (Å²) >= 11 is 0. The summed E-state index contributed by atoms with van der Waals surface area (Å²) in [5, 5.41) is 0. The fourth-order valence-corrected chi connectivity index (χ4v) is 1.49. The molecule has 0 spiro atoms. The summed E-state index contributed by atoms with van der Waals surface area (Å²) in [6.07, 6.45) is 6.82. The van der Waals surface area contributed by atoms with E-state index in [9.17, 15) is 4.79 Å². The van der Waals surface area contributed by atoms with Crippen LogP contribution in [0.1, 0.15) is 40.0 Å². The molecule has 1 atom stereocenters. The standard InChI is InChI=1S/C12H20O/c1-5-7-9-12(11(4)13)10(3)8-6-2/h5,9-10H,1,6-8H2,2-4H3/b12-9-. The van der Waals surface area contributed by atoms with Gasteiger partial charge in [0.15, 0.2) is 5.78 Å². The number of Topliss-reactive ketones (excluding diaryl/α,β-unsaturated/α-hetero) is 1. The summed E-state index contributed by atoms with van der Waals surface area (Å²) in [6.45, 7) is 9.53. The van der Waals surface area contributed by atoms with Crippen molar-refractivity contribution in [1.82, 2.24) is 0 Å². The molecule has 0 rings (SSSR count). The Morgan fingerprint density at radius 2 is 2.15 bits per heavy atom. The molecular formula is C12H20O. The summed E-state index contributed by atoms with van der Waals surface area (Å²) in [4.78, 5) is 11.3. The second-order valence-electron chi connectivity index (χ2n) is 3.43. The molecule has 1 nitrogen and oxygen atoms in total. The van der Waals surface area contributed by atoms with Crippen molar-refractivity contribution in [3.63, 3.8) is 0 Å². The highest BCUT2D eigenvalue weighted by Crippen LogP contribution is 2.17. The molecular weight excluding hydrogens is 160 g/mol. The normalized spacial score (nSPS) is 13.9. The van der Waals surface area contributed by atoms with Crippen LogP contribution in [-0.2, 0) is 4.79 Å². The molecule has 0 radical (unpaired) electrons. The smallest absolute Gasteiger partial charge is 0.155 e. The first-order valence-electron chi connectivity index (χ1n) is 4.95. The Labute approximate surface area is 81.5 Å². The molecule has 0 aromatic rings. The molecule has 0 saturated carbocycles. The molecule has 0 aliphatic heterocycles. The average molecular weight is 180 g/mol. The van der Waals surface area contributed by atoms with Gasteiger partial charge in [-0.2, -0.15) is 0 Å². The van der Waals surface area contributed by atoms with Crippen LogP contribution in [0, 0.1) is 5.92 Å². The van der Waals surface area contributed by atoms with Crippen LogP contribution in [-0.4, -0.2) is 5.78 Å². The Morgan fingerprint density at radius 1 is 1.54 bits per heavy atom. The van der Waals surface area contributed by atoms with Crippen molar-refractivity contribution in [1.29, 1.82) is 0 Å². The van der Waals surface area contributed by atoms with Crippen LogP contribution in [0.3, 0.4) is 0 Å². The minimum atomic E-state index is 0.197. The predicted octanol–water partition coefficient (Wildman–Crippen LogP) is 3.51. The van der Waals surface area contributed by atoms with E-state index in [2.05, 4.69) is 20.4 Å². The topological polar surface area (TPSA) is 17.1 Å². The first-order valence-corrected chi connectivity index (χ1v) is 4.95. The van der Waals surface area contributed by atoms with Gasteiger partial charge in [-0.1, -0.05) is 32.4 Å². The van der Waals surface area contributed by atoms with Gasteiger partial charge >= 0.3 is 0 Å². The van der Waals surface area contributed by atoms with Crippen molar-refractivity contribution in [2.24, 2.45) is 5.92 Å². The predicted molar refractivity (Wildman–Crippen MR) is 57.7 cm³/mol. The fourth-order valence-electron chi connectivity index (χ4n) is 1.49. The van der Waals surface area contributed by atoms with Crippen molar-refractivity contribution in [2.45, 2.75) is 40.0 Å². The first kappa shape index (κ1) is 12.2. The third-order valence-corrected chi connectivity index (χ3v) is 2.16. The van der Waals surface area contributed by atoms with E-state index in [-0.39, 0.29) is 5.78 Å². The first-order chi connectivity index (χ1) is 6.13. The highest BCUT2D eigenvalue weighted by molar-refractivity contribution is 5.93. The van der Waals surface area contributed by atoms with Crippen molar-refractivity contribution in [3.8, 4) is 0 Å². The molecule has 0 bridgehead atoms. The molecule has 0 N–H and O–H groups in total. The van der Waals surface area contributed by atoms with E-state index < -0.39 is 0 Å². The molecule has 0 heterocycles. The van der Waals surface area contributed by atoms with E-state index >= 15 is 0 Å². The molecule has 0 amide bonds. The Kier molecular flexibility index (Phi) is 6.21. The van der Waals surface area contributed by atoms with Crippen LogP contribution in [0.25, 0.3) is 0 Å². The molecule has 0 aromatic heterocycles. The summed E-state index contributed by atoms with van der Waals surface area (Å²) in [7, 11) is 0. The van der Waals surface area contributed by atoms with Gasteiger partial charge in [0.05, 0.1) is 0 Å². The fraction of sp³-hybridized carbons (Fsp3) is 0.583. The van der Waals surface area contributed by atoms with Gasteiger partial charge in [0.25, 0.3) is 0 Å². The van der Waals surface area contributed by atoms with Crippen LogP contribution in [0.2, 0.25) is 0 Å². The summed E-state index contributed by atoms with van der Waals surface area (Å²) < 4.78 is 0. The van der Waals surface area contributed by atoms with Crippen molar-refractivity contribution in [3.05, 3.63) is 24.3 Å². The van der Waals surface area contributed by atoms with E-state index in [0.29, 0.717) is 5.92 Å². The third-order valence-electron chi connectivity index (χ3n) is 2.16. The average Bonchev–Trinajstić information content (AvgIpc) is 2.05. The molecule has 0 aliphatic rings. The highest BCUT2D eigenvalue weighted by atomic mass is 16.1. The largest absolute Gasteiger partial charge is 0.295 e. The minimum Gasteiger partial charge on any atom is -0.295 e. The second-order valence-corrected chi connectivity index (χ2v) is 3.43. The number of rotatable bonds is 6. The zero-order chi connectivity index (χ0) is 10.3. The second kappa shape index (κ2) is 6.64. The number of allylic oxidation sites excluding steroid dienone is 3. The molecule has 0 fully saturated rings. The molecule has 1 unspecified atom stereocenters. The third kappa shape index (κ3) is 4.66. The summed E-state index contributed by atoms with van der Waals surface area (Å²) in [6, 6.07) is 0. The van der Waals surface area contributed by atoms with Crippen LogP contribution in [0.4, 0.5) is 0 Å². The Balaban J connectivity index is 4.40. The van der Waals surface area contributed by atoms with Crippen LogP contribution >= 0.6 is 0 Å². The maximum atomic E-state index is 11.3. The monoisotopic (exact) mass is 180 g/mol. The van der Waals surface area contributed by atoms with Crippen LogP contribution in [0.5, 0.6) is 0 Å². The maximum absolute atomic E-state index is 11.3. The SMILES string of the molecule is C=CC/C=C(\C(C)=O)C(C)CCC. The number of carbonyl (C=O) groups is 1. The van der Waals surface area contributed by atoms with Crippen LogP contribution in [0.15, 0.2) is 24.3 Å². The molecule has 74 valence electrons. The Hall–Kier alpha value is -0.850. The van der Waals surface area contributed by atoms with E-state index in [1.165, 1.54) is 0 Å². The lowest BCUT2D eigenvalue weighted by Gasteiger charge is -2.11.